The molecule has 0 aliphatic carbocycles. The van der Waals surface area contributed by atoms with Crippen LogP contribution in [0.2, 0.25) is 10.0 Å². The van der Waals surface area contributed by atoms with E-state index in [4.69, 9.17) is 27.9 Å². The van der Waals surface area contributed by atoms with Crippen molar-refractivity contribution in [2.75, 3.05) is 26.7 Å². The number of fused-ring (bicyclic) bond motifs is 1. The molecular formula is C28H27Cl2FN2O3. The molecule has 1 aromatic heterocycles. The summed E-state index contributed by atoms with van der Waals surface area (Å²) in [5, 5.41) is 11.9. The number of nitrogens with zero attached hydrogens (tertiary/aromatic N) is 2. The van der Waals surface area contributed by atoms with Gasteiger partial charge in [-0.15, -0.1) is 0 Å². The molecule has 2 aromatic carbocycles. The van der Waals surface area contributed by atoms with Crippen LogP contribution < -0.4 is 4.74 Å². The summed E-state index contributed by atoms with van der Waals surface area (Å²) < 4.78 is 18.6. The Morgan fingerprint density at radius 1 is 1.19 bits per heavy atom. The lowest BCUT2D eigenvalue weighted by atomic mass is 9.74. The molecule has 0 amide bonds. The molecule has 0 unspecified atom stereocenters. The SMILES string of the molecule is COc1ccc2ncc(Cl)c(CCCC3(C(=O)O)CCN(CC#Cc4ccc(F)cc4Cl)CC3)c2c1. The quantitative estimate of drug-likeness (QED) is 0.368. The summed E-state index contributed by atoms with van der Waals surface area (Å²) in [7, 11) is 1.62. The molecule has 0 saturated carbocycles. The molecule has 4 rings (SSSR count). The Bertz CT molecular complexity index is 1330. The van der Waals surface area contributed by atoms with Crippen LogP contribution in [0.4, 0.5) is 4.39 Å². The fourth-order valence-corrected chi connectivity index (χ4v) is 5.19. The van der Waals surface area contributed by atoms with Crippen molar-refractivity contribution in [2.24, 2.45) is 5.41 Å². The second-order valence-corrected chi connectivity index (χ2v) is 9.92. The summed E-state index contributed by atoms with van der Waals surface area (Å²) >= 11 is 12.5. The minimum atomic E-state index is -0.767. The largest absolute Gasteiger partial charge is 0.497 e. The average molecular weight is 529 g/mol. The third-order valence-corrected chi connectivity index (χ3v) is 7.58. The summed E-state index contributed by atoms with van der Waals surface area (Å²) in [4.78, 5) is 18.8. The van der Waals surface area contributed by atoms with Crippen molar-refractivity contribution in [2.45, 2.75) is 32.1 Å². The number of aromatic nitrogens is 1. The van der Waals surface area contributed by atoms with Crippen LogP contribution in [0, 0.1) is 23.1 Å². The van der Waals surface area contributed by atoms with Crippen LogP contribution in [0.1, 0.15) is 36.8 Å². The van der Waals surface area contributed by atoms with Gasteiger partial charge in [-0.25, -0.2) is 4.39 Å². The van der Waals surface area contributed by atoms with Crippen molar-refractivity contribution < 1.29 is 19.0 Å². The van der Waals surface area contributed by atoms with Gasteiger partial charge in [0.15, 0.2) is 0 Å². The molecule has 0 radical (unpaired) electrons. The number of aliphatic carboxylic acids is 1. The number of hydrogen-bond donors (Lipinski definition) is 1. The average Bonchev–Trinajstić information content (AvgIpc) is 2.87. The Hall–Kier alpha value is -2.85. The molecule has 1 saturated heterocycles. The number of aryl methyl sites for hydroxylation is 1. The maximum absolute atomic E-state index is 13.2. The zero-order valence-corrected chi connectivity index (χ0v) is 21.5. The second kappa shape index (κ2) is 11.5. The predicted molar refractivity (Wildman–Crippen MR) is 140 cm³/mol. The fraction of sp³-hybridized carbons (Fsp3) is 0.357. The van der Waals surface area contributed by atoms with E-state index in [0.717, 1.165) is 22.2 Å². The van der Waals surface area contributed by atoms with Gasteiger partial charge in [0, 0.05) is 30.2 Å². The van der Waals surface area contributed by atoms with Crippen molar-refractivity contribution >= 4 is 40.1 Å². The molecule has 188 valence electrons. The normalized spacial score (nSPS) is 15.3. The van der Waals surface area contributed by atoms with Crippen molar-refractivity contribution in [3.63, 3.8) is 0 Å². The van der Waals surface area contributed by atoms with Gasteiger partial charge < -0.3 is 9.84 Å². The first-order chi connectivity index (χ1) is 17.3. The van der Waals surface area contributed by atoms with Gasteiger partial charge in [0.2, 0.25) is 0 Å². The predicted octanol–water partition coefficient (Wildman–Crippen LogP) is 6.23. The number of ether oxygens (including phenoxy) is 1. The van der Waals surface area contributed by atoms with E-state index in [2.05, 4.69) is 21.7 Å². The number of likely N-dealkylation sites (tertiary alicyclic amines) is 1. The molecule has 36 heavy (non-hydrogen) atoms. The minimum absolute atomic E-state index is 0.284. The first-order valence-corrected chi connectivity index (χ1v) is 12.6. The molecular weight excluding hydrogens is 502 g/mol. The highest BCUT2D eigenvalue weighted by molar-refractivity contribution is 6.32. The lowest BCUT2D eigenvalue weighted by Gasteiger charge is -2.38. The standard InChI is InChI=1S/C28H27Cl2FN2O3/c1-36-21-8-9-26-23(17-21)22(25(30)18-32-26)5-2-10-28(27(34)35)11-14-33(15-12-28)13-3-4-19-6-7-20(31)16-24(19)29/h6-9,16-18H,2,5,10-15H2,1H3,(H,34,35). The number of carboxylic acid groups (broad SMARTS) is 1. The lowest BCUT2D eigenvalue weighted by Crippen LogP contribution is -2.44. The van der Waals surface area contributed by atoms with Gasteiger partial charge in [-0.3, -0.25) is 14.7 Å². The van der Waals surface area contributed by atoms with Crippen LogP contribution in [-0.4, -0.2) is 47.7 Å². The number of carbonyl (C=O) groups is 1. The molecule has 1 N–H and O–H groups in total. The zero-order chi connectivity index (χ0) is 25.7. The zero-order valence-electron chi connectivity index (χ0n) is 20.0. The minimum Gasteiger partial charge on any atom is -0.497 e. The van der Waals surface area contributed by atoms with E-state index in [1.54, 1.807) is 19.4 Å². The van der Waals surface area contributed by atoms with E-state index in [0.29, 0.717) is 62.3 Å². The maximum Gasteiger partial charge on any atom is 0.309 e. The number of halogens is 3. The van der Waals surface area contributed by atoms with Crippen LogP contribution in [0.3, 0.4) is 0 Å². The Labute approximate surface area is 220 Å². The van der Waals surface area contributed by atoms with Gasteiger partial charge in [-0.05, 0) is 74.1 Å². The molecule has 1 aliphatic rings. The summed E-state index contributed by atoms with van der Waals surface area (Å²) in [6.07, 6.45) is 4.69. The van der Waals surface area contributed by atoms with Crippen molar-refractivity contribution in [1.82, 2.24) is 9.88 Å². The van der Waals surface area contributed by atoms with E-state index < -0.39 is 17.2 Å². The third kappa shape index (κ3) is 5.92. The molecule has 2 heterocycles. The molecule has 0 atom stereocenters. The van der Waals surface area contributed by atoms with E-state index in [1.165, 1.54) is 12.1 Å². The van der Waals surface area contributed by atoms with Gasteiger partial charge in [0.1, 0.15) is 11.6 Å². The van der Waals surface area contributed by atoms with E-state index in [9.17, 15) is 14.3 Å². The summed E-state index contributed by atoms with van der Waals surface area (Å²) in [5.41, 5.74) is 1.61. The molecule has 5 nitrogen and oxygen atoms in total. The summed E-state index contributed by atoms with van der Waals surface area (Å²) in [6, 6.07) is 9.82. The van der Waals surface area contributed by atoms with Gasteiger partial charge in [-0.2, -0.15) is 0 Å². The number of hydrogen-bond acceptors (Lipinski definition) is 4. The lowest BCUT2D eigenvalue weighted by molar-refractivity contribution is -0.152. The van der Waals surface area contributed by atoms with Gasteiger partial charge in [0.05, 0.1) is 34.6 Å². The summed E-state index contributed by atoms with van der Waals surface area (Å²) in [6.45, 7) is 1.80. The van der Waals surface area contributed by atoms with Crippen LogP contribution >= 0.6 is 23.2 Å². The first-order valence-electron chi connectivity index (χ1n) is 11.8. The topological polar surface area (TPSA) is 62.7 Å². The number of pyridine rings is 1. The van der Waals surface area contributed by atoms with E-state index >= 15 is 0 Å². The number of carboxylic acids is 1. The molecule has 0 spiro atoms. The highest BCUT2D eigenvalue weighted by Gasteiger charge is 2.40. The summed E-state index contributed by atoms with van der Waals surface area (Å²) in [5.74, 6) is 5.63. The van der Waals surface area contributed by atoms with Gasteiger partial charge in [-0.1, -0.05) is 35.0 Å². The van der Waals surface area contributed by atoms with Crippen molar-refractivity contribution in [3.8, 4) is 17.6 Å². The molecule has 1 aliphatic heterocycles. The number of rotatable bonds is 7. The molecule has 1 fully saturated rings. The Kier molecular flexibility index (Phi) is 8.35. The number of piperidine rings is 1. The smallest absolute Gasteiger partial charge is 0.309 e. The van der Waals surface area contributed by atoms with Crippen molar-refractivity contribution in [3.05, 3.63) is 69.6 Å². The number of benzene rings is 2. The molecule has 0 bridgehead atoms. The van der Waals surface area contributed by atoms with Crippen molar-refractivity contribution in [1.29, 1.82) is 0 Å². The highest BCUT2D eigenvalue weighted by Crippen LogP contribution is 2.38. The molecule has 8 heteroatoms. The number of methoxy groups -OCH3 is 1. The highest BCUT2D eigenvalue weighted by atomic mass is 35.5. The van der Waals surface area contributed by atoms with Crippen LogP contribution in [-0.2, 0) is 11.2 Å². The monoisotopic (exact) mass is 528 g/mol. The maximum atomic E-state index is 13.2. The first kappa shape index (κ1) is 26.2. The second-order valence-electron chi connectivity index (χ2n) is 9.11. The van der Waals surface area contributed by atoms with E-state index in [-0.39, 0.29) is 5.02 Å². The van der Waals surface area contributed by atoms with E-state index in [1.807, 2.05) is 18.2 Å². The Balaban J connectivity index is 1.37. The van der Waals surface area contributed by atoms with Crippen LogP contribution in [0.5, 0.6) is 5.75 Å². The van der Waals surface area contributed by atoms with Gasteiger partial charge >= 0.3 is 5.97 Å². The van der Waals surface area contributed by atoms with Crippen LogP contribution in [0.25, 0.3) is 10.9 Å². The molecule has 3 aromatic rings. The Morgan fingerprint density at radius 3 is 2.67 bits per heavy atom. The van der Waals surface area contributed by atoms with Crippen LogP contribution in [0.15, 0.2) is 42.6 Å². The van der Waals surface area contributed by atoms with Gasteiger partial charge in [0.25, 0.3) is 0 Å². The third-order valence-electron chi connectivity index (χ3n) is 6.94. The Morgan fingerprint density at radius 2 is 1.97 bits per heavy atom. The fourth-order valence-electron chi connectivity index (χ4n) is 4.73.